The molecule has 0 aliphatic carbocycles. The molecule has 0 radical (unpaired) electrons. The number of carbonyl (C=O) groups is 1. The monoisotopic (exact) mass is 513 g/mol. The van der Waals surface area contributed by atoms with E-state index in [1.54, 1.807) is 18.9 Å². The van der Waals surface area contributed by atoms with Crippen molar-refractivity contribution in [3.63, 3.8) is 0 Å². The lowest BCUT2D eigenvalue weighted by atomic mass is 9.85. The van der Waals surface area contributed by atoms with Crippen molar-refractivity contribution in [3.8, 4) is 11.8 Å². The predicted octanol–water partition coefficient (Wildman–Crippen LogP) is 3.54. The van der Waals surface area contributed by atoms with Crippen molar-refractivity contribution in [2.75, 3.05) is 31.6 Å². The van der Waals surface area contributed by atoms with E-state index < -0.39 is 12.0 Å². The Balaban J connectivity index is 1.36. The summed E-state index contributed by atoms with van der Waals surface area (Å²) in [5.74, 6) is -0.622. The Morgan fingerprint density at radius 2 is 2.00 bits per heavy atom. The predicted molar refractivity (Wildman–Crippen MR) is 128 cm³/mol. The van der Waals surface area contributed by atoms with E-state index >= 15 is 0 Å². The second-order valence-electron chi connectivity index (χ2n) is 9.58. The highest BCUT2D eigenvalue weighted by atomic mass is 19.4. The van der Waals surface area contributed by atoms with Crippen molar-refractivity contribution >= 4 is 22.5 Å². The van der Waals surface area contributed by atoms with Gasteiger partial charge in [-0.1, -0.05) is 6.92 Å². The first-order chi connectivity index (χ1) is 17.6. The molecule has 0 N–H and O–H groups in total. The number of nitriles is 1. The highest BCUT2D eigenvalue weighted by Gasteiger charge is 2.41. The fraction of sp³-hybridized carbons (Fsp3) is 0.480. The average molecular weight is 514 g/mol. The quantitative estimate of drug-likeness (QED) is 0.528. The first-order valence-corrected chi connectivity index (χ1v) is 12.0. The van der Waals surface area contributed by atoms with Gasteiger partial charge in [0.05, 0.1) is 36.1 Å². The van der Waals surface area contributed by atoms with E-state index in [2.05, 4.69) is 26.2 Å². The zero-order chi connectivity index (χ0) is 26.5. The minimum Gasteiger partial charge on any atom is -0.497 e. The first-order valence-electron chi connectivity index (χ1n) is 12.0. The van der Waals surface area contributed by atoms with Gasteiger partial charge in [-0.15, -0.1) is 10.2 Å². The Kier molecular flexibility index (Phi) is 6.17. The number of pyridine rings is 1. The van der Waals surface area contributed by atoms with E-state index in [4.69, 9.17) is 4.74 Å². The number of fused-ring (bicyclic) bond motifs is 2. The number of methoxy groups -OCH3 is 1. The van der Waals surface area contributed by atoms with Crippen molar-refractivity contribution in [2.24, 2.45) is 11.8 Å². The number of aromatic nitrogens is 4. The first kappa shape index (κ1) is 24.8. The van der Waals surface area contributed by atoms with Gasteiger partial charge in [0.25, 0.3) is 0 Å². The van der Waals surface area contributed by atoms with Crippen LogP contribution in [0.2, 0.25) is 0 Å². The lowest BCUT2D eigenvalue weighted by molar-refractivity contribution is -0.148. The van der Waals surface area contributed by atoms with Crippen LogP contribution in [0.15, 0.2) is 18.2 Å². The molecule has 2 aliphatic rings. The molecular formula is C25H26F3N7O2. The molecular weight excluding hydrogens is 487 g/mol. The molecule has 1 fully saturated rings. The van der Waals surface area contributed by atoms with Crippen LogP contribution in [-0.4, -0.2) is 57.3 Å². The molecule has 2 aliphatic heterocycles. The number of nitrogens with zero attached hydrogens (tertiary/aromatic N) is 7. The summed E-state index contributed by atoms with van der Waals surface area (Å²) in [6.45, 7) is 5.10. The molecule has 1 aromatic carbocycles. The second-order valence-corrected chi connectivity index (χ2v) is 9.58. The van der Waals surface area contributed by atoms with Crippen LogP contribution in [0.3, 0.4) is 0 Å². The number of rotatable bonds is 3. The van der Waals surface area contributed by atoms with Crippen LogP contribution in [0.4, 0.5) is 18.9 Å². The van der Waals surface area contributed by atoms with E-state index in [0.717, 1.165) is 21.2 Å². The van der Waals surface area contributed by atoms with E-state index in [0.29, 0.717) is 36.5 Å². The molecule has 5 rings (SSSR count). The maximum Gasteiger partial charge on any atom is 0.451 e. The summed E-state index contributed by atoms with van der Waals surface area (Å²) in [5.41, 5.74) is 2.66. The van der Waals surface area contributed by atoms with Gasteiger partial charge >= 0.3 is 6.18 Å². The number of amides is 1. The summed E-state index contributed by atoms with van der Waals surface area (Å²) in [4.78, 5) is 21.7. The van der Waals surface area contributed by atoms with Gasteiger partial charge in [0.2, 0.25) is 11.7 Å². The number of alkyl halides is 3. The van der Waals surface area contributed by atoms with Crippen molar-refractivity contribution < 1.29 is 22.7 Å². The SMILES string of the molecule is COc1ccc2c(N3CC[C@H](C(=O)N4CCn5c(nnc5C(F)(F)F)C4)[C@H](C)C3)c(C#N)c(C)nc2c1. The van der Waals surface area contributed by atoms with E-state index in [1.807, 2.05) is 25.1 Å². The van der Waals surface area contributed by atoms with Crippen LogP contribution in [0.5, 0.6) is 5.75 Å². The van der Waals surface area contributed by atoms with Gasteiger partial charge in [0, 0.05) is 43.5 Å². The second kappa shape index (κ2) is 9.21. The van der Waals surface area contributed by atoms with E-state index in [1.165, 1.54) is 0 Å². The molecule has 0 saturated carbocycles. The number of halogens is 3. The zero-order valence-corrected chi connectivity index (χ0v) is 20.7. The Bertz CT molecular complexity index is 1410. The third-order valence-electron chi connectivity index (χ3n) is 7.32. The highest BCUT2D eigenvalue weighted by Crippen LogP contribution is 2.37. The van der Waals surface area contributed by atoms with Crippen LogP contribution >= 0.6 is 0 Å². The maximum atomic E-state index is 13.4. The number of piperidine rings is 1. The summed E-state index contributed by atoms with van der Waals surface area (Å²) in [7, 11) is 1.59. The van der Waals surface area contributed by atoms with Gasteiger partial charge in [0.1, 0.15) is 11.8 Å². The molecule has 9 nitrogen and oxygen atoms in total. The van der Waals surface area contributed by atoms with Crippen LogP contribution in [-0.2, 0) is 24.1 Å². The summed E-state index contributed by atoms with van der Waals surface area (Å²) in [6.07, 6.45) is -4.03. The van der Waals surface area contributed by atoms with Crippen LogP contribution in [0, 0.1) is 30.1 Å². The molecule has 1 saturated heterocycles. The molecule has 37 heavy (non-hydrogen) atoms. The largest absolute Gasteiger partial charge is 0.497 e. The van der Waals surface area contributed by atoms with Gasteiger partial charge in [-0.3, -0.25) is 9.78 Å². The smallest absolute Gasteiger partial charge is 0.451 e. The number of hydrogen-bond donors (Lipinski definition) is 0. The molecule has 0 unspecified atom stereocenters. The fourth-order valence-electron chi connectivity index (χ4n) is 5.44. The van der Waals surface area contributed by atoms with Gasteiger partial charge < -0.3 is 19.1 Å². The zero-order valence-electron chi connectivity index (χ0n) is 20.7. The van der Waals surface area contributed by atoms with Crippen LogP contribution in [0.25, 0.3) is 10.9 Å². The average Bonchev–Trinajstić information content (AvgIpc) is 3.31. The Labute approximate surface area is 211 Å². The molecule has 1 amide bonds. The summed E-state index contributed by atoms with van der Waals surface area (Å²) in [6, 6.07) is 7.87. The Morgan fingerprint density at radius 3 is 2.68 bits per heavy atom. The number of ether oxygens (including phenoxy) is 1. The minimum absolute atomic E-state index is 0.00342. The van der Waals surface area contributed by atoms with Gasteiger partial charge in [-0.25, -0.2) is 0 Å². The lowest BCUT2D eigenvalue weighted by Gasteiger charge is -2.40. The molecule has 194 valence electrons. The van der Waals surface area contributed by atoms with Crippen molar-refractivity contribution in [3.05, 3.63) is 41.1 Å². The summed E-state index contributed by atoms with van der Waals surface area (Å²) < 4.78 is 45.9. The Hall–Kier alpha value is -3.88. The molecule has 0 bridgehead atoms. The summed E-state index contributed by atoms with van der Waals surface area (Å²) in [5, 5.41) is 17.7. The molecule has 12 heteroatoms. The molecule has 2 aromatic heterocycles. The van der Waals surface area contributed by atoms with Crippen molar-refractivity contribution in [1.29, 1.82) is 5.26 Å². The minimum atomic E-state index is -4.58. The summed E-state index contributed by atoms with van der Waals surface area (Å²) >= 11 is 0. The third kappa shape index (κ3) is 4.32. The normalized spacial score (nSPS) is 20.0. The number of carbonyl (C=O) groups excluding carboxylic acids is 1. The molecule has 0 spiro atoms. The Morgan fingerprint density at radius 1 is 1.22 bits per heavy atom. The van der Waals surface area contributed by atoms with Crippen molar-refractivity contribution in [1.82, 2.24) is 24.6 Å². The maximum absolute atomic E-state index is 13.4. The van der Waals surface area contributed by atoms with Crippen LogP contribution < -0.4 is 9.64 Å². The standard InChI is InChI=1S/C25H26F3N7O2/c1-14-12-33(22-18-5-4-16(37-3)10-20(18)30-15(2)19(22)11-29)7-6-17(14)23(36)34-8-9-35-21(13-34)31-32-24(35)25(26,27)28/h4-5,10,14,17H,6-9,12-13H2,1-3H3/t14-,17+/m1/s1. The van der Waals surface area contributed by atoms with Gasteiger partial charge in [-0.05, 0) is 31.4 Å². The fourth-order valence-corrected chi connectivity index (χ4v) is 5.44. The van der Waals surface area contributed by atoms with E-state index in [-0.39, 0.29) is 43.2 Å². The van der Waals surface area contributed by atoms with Crippen molar-refractivity contribution in [2.45, 2.75) is 39.5 Å². The number of hydrogen-bond acceptors (Lipinski definition) is 7. The number of aryl methyl sites for hydroxylation is 1. The van der Waals surface area contributed by atoms with Gasteiger partial charge in [-0.2, -0.15) is 18.4 Å². The lowest BCUT2D eigenvalue weighted by Crippen LogP contribution is -2.49. The van der Waals surface area contributed by atoms with Crippen LogP contribution in [0.1, 0.15) is 36.3 Å². The third-order valence-corrected chi connectivity index (χ3v) is 7.32. The topological polar surface area (TPSA) is 100 Å². The molecule has 4 heterocycles. The number of anilines is 1. The number of benzene rings is 1. The molecule has 3 aromatic rings. The van der Waals surface area contributed by atoms with Gasteiger partial charge in [0.15, 0.2) is 5.82 Å². The highest BCUT2D eigenvalue weighted by molar-refractivity contribution is 5.96. The molecule has 2 atom stereocenters. The van der Waals surface area contributed by atoms with E-state index in [9.17, 15) is 23.2 Å².